The number of hydrogen-bond acceptors (Lipinski definition) is 2. The van der Waals surface area contributed by atoms with Gasteiger partial charge in [-0.15, -0.1) is 0 Å². The summed E-state index contributed by atoms with van der Waals surface area (Å²) in [4.78, 5) is 2.38. The Hall–Kier alpha value is -0.570. The lowest BCUT2D eigenvalue weighted by atomic mass is 10.1. The molecule has 1 aliphatic rings. The van der Waals surface area contributed by atoms with Crippen molar-refractivity contribution in [2.75, 3.05) is 6.54 Å². The van der Waals surface area contributed by atoms with Gasteiger partial charge in [0.05, 0.1) is 0 Å². The van der Waals surface area contributed by atoms with Crippen molar-refractivity contribution < 1.29 is 0 Å². The van der Waals surface area contributed by atoms with Gasteiger partial charge >= 0.3 is 0 Å². The van der Waals surface area contributed by atoms with Crippen LogP contribution in [0.25, 0.3) is 0 Å². The maximum Gasteiger partial charge on any atom is 0.0409 e. The summed E-state index contributed by atoms with van der Waals surface area (Å²) in [6.07, 6.45) is 1.04. The van der Waals surface area contributed by atoms with Gasteiger partial charge in [-0.3, -0.25) is 4.90 Å². The van der Waals surface area contributed by atoms with E-state index in [2.05, 4.69) is 24.0 Å². The molecule has 2 rings (SSSR count). The highest BCUT2D eigenvalue weighted by Gasteiger charge is 2.19. The standard InChI is InChI=1S/C12H17ClN2/c1-2-12(14)8-15-6-9-3-4-11(13)5-10(9)7-15/h3-5,12H,2,6-8,14H2,1H3. The van der Waals surface area contributed by atoms with Gasteiger partial charge in [0.15, 0.2) is 0 Å². The van der Waals surface area contributed by atoms with E-state index < -0.39 is 0 Å². The van der Waals surface area contributed by atoms with Gasteiger partial charge < -0.3 is 5.73 Å². The molecule has 1 atom stereocenters. The van der Waals surface area contributed by atoms with Crippen LogP contribution in [0.1, 0.15) is 24.5 Å². The third kappa shape index (κ3) is 2.51. The van der Waals surface area contributed by atoms with Gasteiger partial charge in [-0.05, 0) is 29.7 Å². The van der Waals surface area contributed by atoms with E-state index in [4.69, 9.17) is 17.3 Å². The Labute approximate surface area is 96.0 Å². The fourth-order valence-corrected chi connectivity index (χ4v) is 2.22. The molecule has 15 heavy (non-hydrogen) atoms. The van der Waals surface area contributed by atoms with Crippen molar-refractivity contribution in [2.45, 2.75) is 32.5 Å². The van der Waals surface area contributed by atoms with Gasteiger partial charge in [-0.25, -0.2) is 0 Å². The molecule has 0 aromatic heterocycles. The van der Waals surface area contributed by atoms with Gasteiger partial charge in [0.1, 0.15) is 0 Å². The summed E-state index contributed by atoms with van der Waals surface area (Å²) < 4.78 is 0. The van der Waals surface area contributed by atoms with Crippen LogP contribution in [-0.2, 0) is 13.1 Å². The summed E-state index contributed by atoms with van der Waals surface area (Å²) >= 11 is 5.96. The molecule has 0 aliphatic carbocycles. The first-order chi connectivity index (χ1) is 7.19. The lowest BCUT2D eigenvalue weighted by Gasteiger charge is -2.18. The maximum atomic E-state index is 5.96. The molecule has 0 radical (unpaired) electrons. The van der Waals surface area contributed by atoms with Crippen molar-refractivity contribution in [1.29, 1.82) is 0 Å². The number of hydrogen-bond donors (Lipinski definition) is 1. The minimum Gasteiger partial charge on any atom is -0.327 e. The number of nitrogens with zero attached hydrogens (tertiary/aromatic N) is 1. The first-order valence-corrected chi connectivity index (χ1v) is 5.82. The lowest BCUT2D eigenvalue weighted by Crippen LogP contribution is -2.33. The number of fused-ring (bicyclic) bond motifs is 1. The highest BCUT2D eigenvalue weighted by atomic mass is 35.5. The third-order valence-corrected chi connectivity index (χ3v) is 3.21. The molecule has 1 aromatic rings. The largest absolute Gasteiger partial charge is 0.327 e. The van der Waals surface area contributed by atoms with Gasteiger partial charge in [0.2, 0.25) is 0 Å². The molecule has 0 fully saturated rings. The van der Waals surface area contributed by atoms with Crippen LogP contribution in [0.3, 0.4) is 0 Å². The van der Waals surface area contributed by atoms with Gasteiger partial charge in [0, 0.05) is 30.7 Å². The van der Waals surface area contributed by atoms with Crippen LogP contribution >= 0.6 is 11.6 Å². The van der Waals surface area contributed by atoms with E-state index in [-0.39, 0.29) is 6.04 Å². The van der Waals surface area contributed by atoms with Crippen LogP contribution in [0, 0.1) is 0 Å². The first-order valence-electron chi connectivity index (χ1n) is 5.44. The third-order valence-electron chi connectivity index (χ3n) is 2.97. The topological polar surface area (TPSA) is 29.3 Å². The van der Waals surface area contributed by atoms with Crippen molar-refractivity contribution >= 4 is 11.6 Å². The summed E-state index contributed by atoms with van der Waals surface area (Å²) in [5.74, 6) is 0. The Balaban J connectivity index is 2.03. The smallest absolute Gasteiger partial charge is 0.0409 e. The van der Waals surface area contributed by atoms with Crippen LogP contribution in [0.5, 0.6) is 0 Å². The predicted molar refractivity (Wildman–Crippen MR) is 63.8 cm³/mol. The van der Waals surface area contributed by atoms with E-state index in [1.54, 1.807) is 0 Å². The van der Waals surface area contributed by atoms with Gasteiger partial charge in [-0.2, -0.15) is 0 Å². The molecular formula is C12H17ClN2. The molecule has 2 N–H and O–H groups in total. The summed E-state index contributed by atoms with van der Waals surface area (Å²) in [6.45, 7) is 5.11. The molecule has 2 nitrogen and oxygen atoms in total. The molecule has 0 bridgehead atoms. The summed E-state index contributed by atoms with van der Waals surface area (Å²) in [5.41, 5.74) is 8.69. The maximum absolute atomic E-state index is 5.96. The molecule has 3 heteroatoms. The van der Waals surface area contributed by atoms with Gasteiger partial charge in [0.25, 0.3) is 0 Å². The Morgan fingerprint density at radius 1 is 1.40 bits per heavy atom. The molecule has 1 aliphatic heterocycles. The van der Waals surface area contributed by atoms with Crippen molar-refractivity contribution in [3.05, 3.63) is 34.3 Å². The Bertz CT molecular complexity index is 351. The molecule has 0 amide bonds. The Morgan fingerprint density at radius 3 is 2.87 bits per heavy atom. The van der Waals surface area contributed by atoms with Crippen molar-refractivity contribution in [3.63, 3.8) is 0 Å². The van der Waals surface area contributed by atoms with Crippen LogP contribution < -0.4 is 5.73 Å². The number of halogens is 1. The lowest BCUT2D eigenvalue weighted by molar-refractivity contribution is 0.262. The van der Waals surface area contributed by atoms with Gasteiger partial charge in [-0.1, -0.05) is 24.6 Å². The van der Waals surface area contributed by atoms with Crippen LogP contribution in [0.4, 0.5) is 0 Å². The first kappa shape index (κ1) is 10.9. The normalized spacial score (nSPS) is 17.8. The van der Waals surface area contributed by atoms with Crippen LogP contribution in [0.2, 0.25) is 5.02 Å². The van der Waals surface area contributed by atoms with E-state index in [1.165, 1.54) is 11.1 Å². The molecule has 1 unspecified atom stereocenters. The number of nitrogens with two attached hydrogens (primary N) is 1. The average molecular weight is 225 g/mol. The zero-order chi connectivity index (χ0) is 10.8. The van der Waals surface area contributed by atoms with Crippen molar-refractivity contribution in [1.82, 2.24) is 4.90 Å². The van der Waals surface area contributed by atoms with Crippen molar-refractivity contribution in [2.24, 2.45) is 5.73 Å². The molecule has 0 spiro atoms. The summed E-state index contributed by atoms with van der Waals surface area (Å²) in [5, 5.41) is 0.829. The second-order valence-corrected chi connectivity index (χ2v) is 4.69. The summed E-state index contributed by atoms with van der Waals surface area (Å²) in [7, 11) is 0. The zero-order valence-electron chi connectivity index (χ0n) is 9.04. The minimum absolute atomic E-state index is 0.287. The quantitative estimate of drug-likeness (QED) is 0.855. The second-order valence-electron chi connectivity index (χ2n) is 4.25. The monoisotopic (exact) mass is 224 g/mol. The molecular weight excluding hydrogens is 208 g/mol. The van der Waals surface area contributed by atoms with E-state index in [0.29, 0.717) is 0 Å². The minimum atomic E-state index is 0.287. The number of rotatable bonds is 3. The molecule has 1 heterocycles. The van der Waals surface area contributed by atoms with Crippen molar-refractivity contribution in [3.8, 4) is 0 Å². The van der Waals surface area contributed by atoms with E-state index in [0.717, 1.165) is 31.1 Å². The molecule has 82 valence electrons. The van der Waals surface area contributed by atoms with E-state index in [1.807, 2.05) is 6.07 Å². The number of benzene rings is 1. The predicted octanol–water partition coefficient (Wildman–Crippen LogP) is 2.39. The van der Waals surface area contributed by atoms with E-state index >= 15 is 0 Å². The highest BCUT2D eigenvalue weighted by Crippen LogP contribution is 2.25. The average Bonchev–Trinajstić information content (AvgIpc) is 2.59. The Kier molecular flexibility index (Phi) is 3.29. The fourth-order valence-electron chi connectivity index (χ4n) is 2.02. The Morgan fingerprint density at radius 2 is 2.13 bits per heavy atom. The SMILES string of the molecule is CCC(N)CN1Cc2ccc(Cl)cc2C1. The van der Waals surface area contributed by atoms with Crippen LogP contribution in [0.15, 0.2) is 18.2 Å². The molecule has 1 aromatic carbocycles. The fraction of sp³-hybridized carbons (Fsp3) is 0.500. The second kappa shape index (κ2) is 4.52. The van der Waals surface area contributed by atoms with E-state index in [9.17, 15) is 0 Å². The highest BCUT2D eigenvalue weighted by molar-refractivity contribution is 6.30. The molecule has 0 saturated heterocycles. The summed E-state index contributed by atoms with van der Waals surface area (Å²) in [6, 6.07) is 6.43. The van der Waals surface area contributed by atoms with Crippen LogP contribution in [-0.4, -0.2) is 17.5 Å². The zero-order valence-corrected chi connectivity index (χ0v) is 9.80. The molecule has 0 saturated carbocycles.